The molecular weight excluding hydrogens is 883 g/mol. The van der Waals surface area contributed by atoms with Crippen LogP contribution < -0.4 is 60.6 Å². The van der Waals surface area contributed by atoms with Crippen LogP contribution in [0.2, 0.25) is 0 Å². The number of carboxylic acid groups (broad SMARTS) is 2. The van der Waals surface area contributed by atoms with Crippen molar-refractivity contribution in [3.63, 3.8) is 0 Å². The van der Waals surface area contributed by atoms with E-state index in [9.17, 15) is 48.6 Å². The average molecular weight is 944 g/mol. The van der Waals surface area contributed by atoms with Crippen molar-refractivity contribution >= 4 is 71.1 Å². The van der Waals surface area contributed by atoms with E-state index < -0.39 is 96.6 Å². The van der Waals surface area contributed by atoms with Gasteiger partial charge in [0.15, 0.2) is 11.9 Å². The largest absolute Gasteiger partial charge is 0.508 e. The topological polar surface area (TPSA) is 424 Å². The van der Waals surface area contributed by atoms with Crippen molar-refractivity contribution < 1.29 is 53.7 Å². The van der Waals surface area contributed by atoms with Gasteiger partial charge in [-0.1, -0.05) is 42.5 Å². The van der Waals surface area contributed by atoms with Crippen LogP contribution in [0.3, 0.4) is 0 Å². The molecule has 0 spiro atoms. The van der Waals surface area contributed by atoms with Crippen LogP contribution in [0.5, 0.6) is 5.75 Å². The maximum atomic E-state index is 14.2. The quantitative estimate of drug-likeness (QED) is 0.0205. The van der Waals surface area contributed by atoms with Crippen LogP contribution in [-0.4, -0.2) is 143 Å². The second kappa shape index (κ2) is 29.3. The van der Waals surface area contributed by atoms with E-state index in [0.717, 1.165) is 5.56 Å². The van der Waals surface area contributed by atoms with Crippen LogP contribution in [0.4, 0.5) is 0 Å². The van der Waals surface area contributed by atoms with Gasteiger partial charge in [-0.15, -0.1) is 0 Å². The molecule has 0 unspecified atom stereocenters. The summed E-state index contributed by atoms with van der Waals surface area (Å²) in [6, 6.07) is 6.33. The molecule has 25 heteroatoms. The zero-order valence-electron chi connectivity index (χ0n) is 36.4. The first-order valence-electron chi connectivity index (χ1n) is 20.7. The molecule has 0 aliphatic rings. The predicted octanol–water partition coefficient (Wildman–Crippen LogP) is -3.54. The smallest absolute Gasteiger partial charge is 0.322 e. The highest BCUT2D eigenvalue weighted by Crippen LogP contribution is 2.13. The lowest BCUT2D eigenvalue weighted by Crippen LogP contribution is -2.60. The van der Waals surface area contributed by atoms with Crippen molar-refractivity contribution in [3.05, 3.63) is 65.7 Å². The molecule has 0 aliphatic carbocycles. The van der Waals surface area contributed by atoms with Gasteiger partial charge < -0.3 is 75.9 Å². The number of rotatable bonds is 30. The van der Waals surface area contributed by atoms with Crippen molar-refractivity contribution in [2.24, 2.45) is 38.7 Å². The van der Waals surface area contributed by atoms with E-state index >= 15 is 0 Å². The Bertz CT molecular complexity index is 2000. The number of nitrogens with zero attached hydrogens (tertiary/aromatic N) is 2. The SMILES string of the molecule is CSCC[C@H](NC(=O)[C@H](CC(=O)O)NC(=O)[C@H](CCCN=C(N)N)NC(=O)[C@H](CCCN=C(N)N)NC(=O)[C@H](Cc1ccc(O)cc1)NC(=O)[C@@H](N)Cc1ccccc1)C(=O)NCC(=O)O. The van der Waals surface area contributed by atoms with Gasteiger partial charge in [0.1, 0.15) is 42.5 Å². The van der Waals surface area contributed by atoms with Crippen molar-refractivity contribution in [2.75, 3.05) is 31.6 Å². The Hall–Kier alpha value is -7.15. The lowest BCUT2D eigenvalue weighted by molar-refractivity contribution is -0.142. The molecule has 6 atom stereocenters. The van der Waals surface area contributed by atoms with Crippen LogP contribution in [0.1, 0.15) is 49.7 Å². The number of thioether (sulfide) groups is 1. The fraction of sp³-hybridized carbons (Fsp3) is 0.463. The average Bonchev–Trinajstić information content (AvgIpc) is 3.26. The third-order valence-corrected chi connectivity index (χ3v) is 10.1. The lowest BCUT2D eigenvalue weighted by Gasteiger charge is -2.27. The van der Waals surface area contributed by atoms with Crippen molar-refractivity contribution in [3.8, 4) is 5.75 Å². The van der Waals surface area contributed by atoms with Gasteiger partial charge in [0.25, 0.3) is 0 Å². The molecule has 0 aliphatic heterocycles. The summed E-state index contributed by atoms with van der Waals surface area (Å²) in [4.78, 5) is 113. The molecule has 362 valence electrons. The van der Waals surface area contributed by atoms with Gasteiger partial charge in [0.05, 0.1) is 12.5 Å². The molecule has 19 N–H and O–H groups in total. The summed E-state index contributed by atoms with van der Waals surface area (Å²) in [7, 11) is 0. The van der Waals surface area contributed by atoms with Crippen molar-refractivity contribution in [2.45, 2.75) is 87.6 Å². The van der Waals surface area contributed by atoms with Gasteiger partial charge in [-0.05, 0) is 73.8 Å². The number of aromatic hydroxyl groups is 1. The second-order valence-electron chi connectivity index (χ2n) is 14.9. The molecule has 0 bridgehead atoms. The van der Waals surface area contributed by atoms with E-state index in [1.54, 1.807) is 36.6 Å². The number of benzene rings is 2. The van der Waals surface area contributed by atoms with E-state index in [1.165, 1.54) is 36.0 Å². The van der Waals surface area contributed by atoms with E-state index in [4.69, 9.17) is 33.8 Å². The number of aliphatic imine (C=N–C) groups is 2. The molecule has 0 saturated carbocycles. The van der Waals surface area contributed by atoms with Crippen molar-refractivity contribution in [1.82, 2.24) is 31.9 Å². The zero-order chi connectivity index (χ0) is 49.2. The monoisotopic (exact) mass is 943 g/mol. The number of aliphatic carboxylic acids is 2. The van der Waals surface area contributed by atoms with Crippen LogP contribution in [0.25, 0.3) is 0 Å². The van der Waals surface area contributed by atoms with Crippen LogP contribution in [-0.2, 0) is 51.2 Å². The third-order valence-electron chi connectivity index (χ3n) is 9.47. The molecule has 0 fully saturated rings. The maximum Gasteiger partial charge on any atom is 0.322 e. The van der Waals surface area contributed by atoms with Gasteiger partial charge in [0.2, 0.25) is 35.4 Å². The van der Waals surface area contributed by atoms with Crippen molar-refractivity contribution in [1.29, 1.82) is 0 Å². The van der Waals surface area contributed by atoms with E-state index in [2.05, 4.69) is 41.9 Å². The summed E-state index contributed by atoms with van der Waals surface area (Å²) >= 11 is 1.32. The molecule has 66 heavy (non-hydrogen) atoms. The molecule has 0 aromatic heterocycles. The molecule has 0 saturated heterocycles. The molecule has 6 amide bonds. The van der Waals surface area contributed by atoms with Crippen LogP contribution >= 0.6 is 11.8 Å². The standard InChI is InChI=1S/C41H61N13O11S/c1-66-18-15-29(35(61)49-22-33(58)59)52-39(65)31(21-32(56)57)54-37(63)28(10-6-17-48-41(45)46)50-36(62)27(9-5-16-47-40(43)44)51-38(64)30(20-24-11-13-25(55)14-12-24)53-34(60)26(42)19-23-7-3-2-4-8-23/h2-4,7-8,11-14,26-31,55H,5-6,9-10,15-22,42H2,1H3,(H,49,61)(H,50,62)(H,51,64)(H,52,65)(H,53,60)(H,54,63)(H,56,57)(H,58,59)(H4,43,44,47)(H4,45,46,48)/t26-,27-,28-,29-,30-,31-/m0/s1. The van der Waals surface area contributed by atoms with Crippen LogP contribution in [0, 0.1) is 0 Å². The third kappa shape index (κ3) is 22.0. The number of hydrogen-bond acceptors (Lipinski definition) is 13. The number of phenolic OH excluding ortho intramolecular Hbond substituents is 1. The van der Waals surface area contributed by atoms with E-state index in [1.807, 2.05) is 0 Å². The fourth-order valence-corrected chi connectivity index (χ4v) is 6.60. The van der Waals surface area contributed by atoms with Gasteiger partial charge in [-0.3, -0.25) is 48.3 Å². The Labute approximate surface area is 385 Å². The molecule has 0 heterocycles. The number of carbonyl (C=O) groups is 8. The molecule has 2 rings (SSSR count). The minimum atomic E-state index is -1.80. The summed E-state index contributed by atoms with van der Waals surface area (Å²) in [5.74, 6) is -8.51. The Balaban J connectivity index is 2.47. The number of carbonyl (C=O) groups excluding carboxylic acids is 6. The Morgan fingerprint density at radius 3 is 1.52 bits per heavy atom. The Morgan fingerprint density at radius 2 is 1.03 bits per heavy atom. The Kier molecular flexibility index (Phi) is 24.4. The Morgan fingerprint density at radius 1 is 0.576 bits per heavy atom. The maximum absolute atomic E-state index is 14.2. The summed E-state index contributed by atoms with van der Waals surface area (Å²) in [6.07, 6.45) is 0.689. The summed E-state index contributed by atoms with van der Waals surface area (Å²) < 4.78 is 0. The van der Waals surface area contributed by atoms with Gasteiger partial charge in [-0.25, -0.2) is 0 Å². The minimum Gasteiger partial charge on any atom is -0.508 e. The predicted molar refractivity (Wildman–Crippen MR) is 245 cm³/mol. The number of phenols is 1. The van der Waals surface area contributed by atoms with Gasteiger partial charge in [0, 0.05) is 19.5 Å². The number of carboxylic acids is 2. The number of nitrogens with two attached hydrogens (primary N) is 5. The van der Waals surface area contributed by atoms with Gasteiger partial charge in [-0.2, -0.15) is 11.8 Å². The highest BCUT2D eigenvalue weighted by molar-refractivity contribution is 7.98. The number of hydrogen-bond donors (Lipinski definition) is 14. The fourth-order valence-electron chi connectivity index (χ4n) is 6.12. The molecule has 0 radical (unpaired) electrons. The molecule has 2 aromatic carbocycles. The number of guanidine groups is 2. The first kappa shape index (κ1) is 55.0. The second-order valence-corrected chi connectivity index (χ2v) is 15.8. The number of amides is 6. The molecule has 2 aromatic rings. The minimum absolute atomic E-state index is 0.0185. The zero-order valence-corrected chi connectivity index (χ0v) is 37.3. The molecular formula is C41H61N13O11S. The van der Waals surface area contributed by atoms with Crippen LogP contribution in [0.15, 0.2) is 64.6 Å². The highest BCUT2D eigenvalue weighted by atomic mass is 32.2. The lowest BCUT2D eigenvalue weighted by atomic mass is 10.0. The summed E-state index contributed by atoms with van der Waals surface area (Å²) in [6.45, 7) is -0.759. The van der Waals surface area contributed by atoms with E-state index in [-0.39, 0.29) is 75.7 Å². The number of nitrogens with one attached hydrogen (secondary N) is 6. The first-order valence-corrected chi connectivity index (χ1v) is 22.1. The van der Waals surface area contributed by atoms with Gasteiger partial charge >= 0.3 is 11.9 Å². The normalized spacial score (nSPS) is 13.4. The summed E-state index contributed by atoms with van der Waals surface area (Å²) in [5, 5.41) is 43.2. The summed E-state index contributed by atoms with van der Waals surface area (Å²) in [5.41, 5.74) is 29.4. The first-order chi connectivity index (χ1) is 31.3. The molecule has 24 nitrogen and oxygen atoms in total. The highest BCUT2D eigenvalue weighted by Gasteiger charge is 2.34. The van der Waals surface area contributed by atoms with E-state index in [0.29, 0.717) is 11.3 Å².